The lowest BCUT2D eigenvalue weighted by Gasteiger charge is -2.19. The Balaban J connectivity index is 1.58. The zero-order valence-corrected chi connectivity index (χ0v) is 20.7. The van der Waals surface area contributed by atoms with Crippen molar-refractivity contribution in [3.63, 3.8) is 0 Å². The first kappa shape index (κ1) is 22.5. The zero-order valence-electron chi connectivity index (χ0n) is 17.5. The number of carbonyl (C=O) groups excluding carboxylic acids is 1. The van der Waals surface area contributed by atoms with E-state index in [-0.39, 0.29) is 10.8 Å². The average molecular weight is 529 g/mol. The molecule has 0 saturated carbocycles. The van der Waals surface area contributed by atoms with Gasteiger partial charge in [0.2, 0.25) is 0 Å². The summed E-state index contributed by atoms with van der Waals surface area (Å²) in [6, 6.07) is 21.5. The van der Waals surface area contributed by atoms with Gasteiger partial charge in [0, 0.05) is 21.9 Å². The molecule has 32 heavy (non-hydrogen) atoms. The molecule has 8 heteroatoms. The van der Waals surface area contributed by atoms with Crippen molar-refractivity contribution in [1.29, 1.82) is 0 Å². The molecule has 3 aromatic carbocycles. The van der Waals surface area contributed by atoms with Crippen LogP contribution in [0, 0.1) is 0 Å². The minimum absolute atomic E-state index is 0.187. The van der Waals surface area contributed by atoms with Crippen molar-refractivity contribution in [2.75, 3.05) is 16.7 Å². The first-order valence-corrected chi connectivity index (χ1v) is 13.0. The number of amides is 1. The van der Waals surface area contributed by atoms with Gasteiger partial charge in [0.15, 0.2) is 0 Å². The molecule has 1 amide bonds. The lowest BCUT2D eigenvalue weighted by atomic mass is 10.1. The van der Waals surface area contributed by atoms with Crippen molar-refractivity contribution < 1.29 is 13.2 Å². The fourth-order valence-corrected chi connectivity index (χ4v) is 5.65. The molecule has 0 bridgehead atoms. The van der Waals surface area contributed by atoms with Crippen LogP contribution in [0.4, 0.5) is 11.4 Å². The second kappa shape index (κ2) is 9.05. The second-order valence-corrected chi connectivity index (χ2v) is 11.2. The van der Waals surface area contributed by atoms with Gasteiger partial charge >= 0.3 is 0 Å². The van der Waals surface area contributed by atoms with Gasteiger partial charge in [-0.25, -0.2) is 8.42 Å². The Bertz CT molecular complexity index is 1380. The van der Waals surface area contributed by atoms with Crippen LogP contribution in [0.5, 0.6) is 0 Å². The maximum Gasteiger partial charge on any atom is 0.265 e. The first-order chi connectivity index (χ1) is 15.3. The van der Waals surface area contributed by atoms with Gasteiger partial charge in [-0.3, -0.25) is 9.10 Å². The number of nitrogens with zero attached hydrogens (tertiary/aromatic N) is 1. The number of fused-ring (bicyclic) bond motifs is 1. The lowest BCUT2D eigenvalue weighted by molar-refractivity contribution is 0.103. The molecule has 0 aliphatic carbocycles. The highest BCUT2D eigenvalue weighted by molar-refractivity contribution is 9.10. The fraction of sp³-hybridized carbons (Fsp3) is 0.125. The molecule has 164 valence electrons. The lowest BCUT2D eigenvalue weighted by Crippen LogP contribution is -2.26. The molecule has 4 aromatic rings. The summed E-state index contributed by atoms with van der Waals surface area (Å²) in [6.07, 6.45) is 0.943. The number of rotatable bonds is 6. The van der Waals surface area contributed by atoms with Gasteiger partial charge < -0.3 is 5.32 Å². The Morgan fingerprint density at radius 2 is 1.69 bits per heavy atom. The van der Waals surface area contributed by atoms with E-state index in [1.165, 1.54) is 28.3 Å². The number of anilines is 2. The number of thiophene rings is 1. The minimum Gasteiger partial charge on any atom is -0.321 e. The summed E-state index contributed by atoms with van der Waals surface area (Å²) in [5.41, 5.74) is 2.48. The van der Waals surface area contributed by atoms with Gasteiger partial charge in [-0.2, -0.15) is 0 Å². The predicted octanol–water partition coefficient (Wildman–Crippen LogP) is 6.30. The van der Waals surface area contributed by atoms with Crippen LogP contribution in [0.2, 0.25) is 0 Å². The molecular formula is C24H21BrN2O3S2. The molecule has 0 unspecified atom stereocenters. The van der Waals surface area contributed by atoms with Gasteiger partial charge in [-0.15, -0.1) is 11.3 Å². The Labute approximate surface area is 199 Å². The highest BCUT2D eigenvalue weighted by atomic mass is 79.9. The van der Waals surface area contributed by atoms with Crippen molar-refractivity contribution in [3.8, 4) is 0 Å². The zero-order chi connectivity index (χ0) is 22.9. The molecule has 1 heterocycles. The molecule has 0 spiro atoms. The molecule has 5 nitrogen and oxygen atoms in total. The van der Waals surface area contributed by atoms with Crippen LogP contribution in [-0.2, 0) is 16.4 Å². The molecular weight excluding hydrogens is 508 g/mol. The second-order valence-electron chi connectivity index (χ2n) is 7.26. The van der Waals surface area contributed by atoms with Crippen molar-refractivity contribution in [2.45, 2.75) is 18.2 Å². The van der Waals surface area contributed by atoms with Crippen LogP contribution in [0.1, 0.15) is 22.2 Å². The maximum absolute atomic E-state index is 13.0. The summed E-state index contributed by atoms with van der Waals surface area (Å²) < 4.78 is 29.0. The number of hydrogen-bond acceptors (Lipinski definition) is 4. The molecule has 0 aliphatic rings. The van der Waals surface area contributed by atoms with Gasteiger partial charge in [0.1, 0.15) is 0 Å². The smallest absolute Gasteiger partial charge is 0.265 e. The summed E-state index contributed by atoms with van der Waals surface area (Å²) in [5, 5.41) is 3.74. The molecule has 0 aliphatic heterocycles. The molecule has 4 rings (SSSR count). The van der Waals surface area contributed by atoms with E-state index in [0.29, 0.717) is 10.6 Å². The maximum atomic E-state index is 13.0. The number of aryl methyl sites for hydroxylation is 1. The Morgan fingerprint density at radius 3 is 2.34 bits per heavy atom. The summed E-state index contributed by atoms with van der Waals surface area (Å²) in [5.74, 6) is -0.187. The van der Waals surface area contributed by atoms with Gasteiger partial charge in [-0.1, -0.05) is 35.0 Å². The number of nitrogens with one attached hydrogen (secondary N) is 1. The molecule has 0 atom stereocenters. The van der Waals surface area contributed by atoms with Gasteiger partial charge in [-0.05, 0) is 78.0 Å². The topological polar surface area (TPSA) is 66.5 Å². The van der Waals surface area contributed by atoms with Crippen molar-refractivity contribution >= 4 is 64.7 Å². The summed E-state index contributed by atoms with van der Waals surface area (Å²) in [6.45, 7) is 2.08. The SMILES string of the molecule is CCc1ccc(NC(=O)c2cc3cc(N(C)S(=O)(=O)c4ccc(Br)cc4)ccc3s2)cc1. The minimum atomic E-state index is -3.70. The van der Waals surface area contributed by atoms with Gasteiger partial charge in [0.25, 0.3) is 15.9 Å². The fourth-order valence-electron chi connectivity index (χ4n) is 3.26. The molecule has 0 radical (unpaired) electrons. The highest BCUT2D eigenvalue weighted by Crippen LogP contribution is 2.32. The van der Waals surface area contributed by atoms with E-state index in [0.717, 1.165) is 26.7 Å². The number of sulfonamides is 1. The van der Waals surface area contributed by atoms with E-state index in [4.69, 9.17) is 0 Å². The van der Waals surface area contributed by atoms with E-state index in [9.17, 15) is 13.2 Å². The van der Waals surface area contributed by atoms with E-state index in [1.54, 1.807) is 42.5 Å². The summed E-state index contributed by atoms with van der Waals surface area (Å²) in [7, 11) is -2.17. The van der Waals surface area contributed by atoms with Gasteiger partial charge in [0.05, 0.1) is 15.5 Å². The van der Waals surface area contributed by atoms with E-state index >= 15 is 0 Å². The molecule has 0 fully saturated rings. The third kappa shape index (κ3) is 4.57. The average Bonchev–Trinajstić information content (AvgIpc) is 3.23. The van der Waals surface area contributed by atoms with Crippen LogP contribution in [-0.4, -0.2) is 21.4 Å². The Kier molecular flexibility index (Phi) is 6.37. The number of halogens is 1. The molecule has 0 saturated heterocycles. The van der Waals surface area contributed by atoms with Crippen LogP contribution >= 0.6 is 27.3 Å². The first-order valence-electron chi connectivity index (χ1n) is 9.96. The number of hydrogen-bond donors (Lipinski definition) is 1. The van der Waals surface area contributed by atoms with Crippen LogP contribution in [0.15, 0.2) is 82.2 Å². The summed E-state index contributed by atoms with van der Waals surface area (Å²) in [4.78, 5) is 13.5. The van der Waals surface area contributed by atoms with Crippen molar-refractivity contribution in [3.05, 3.63) is 87.7 Å². The third-order valence-electron chi connectivity index (χ3n) is 5.18. The summed E-state index contributed by atoms with van der Waals surface area (Å²) >= 11 is 4.70. The van der Waals surface area contributed by atoms with E-state index < -0.39 is 10.0 Å². The third-order valence-corrected chi connectivity index (χ3v) is 8.62. The molecule has 1 aromatic heterocycles. The number of benzene rings is 3. The Hall–Kier alpha value is -2.68. The quantitative estimate of drug-likeness (QED) is 0.319. The van der Waals surface area contributed by atoms with E-state index in [1.807, 2.05) is 30.3 Å². The standard InChI is InChI=1S/C24H21BrN2O3S2/c1-3-16-4-8-19(9-5-16)26-24(28)23-15-17-14-20(10-13-22(17)31-23)27(2)32(29,30)21-11-6-18(25)7-12-21/h4-15H,3H2,1-2H3,(H,26,28). The van der Waals surface area contributed by atoms with Crippen LogP contribution in [0.25, 0.3) is 10.1 Å². The van der Waals surface area contributed by atoms with Crippen molar-refractivity contribution in [2.24, 2.45) is 0 Å². The highest BCUT2D eigenvalue weighted by Gasteiger charge is 2.22. The van der Waals surface area contributed by atoms with Crippen molar-refractivity contribution in [1.82, 2.24) is 0 Å². The predicted molar refractivity (Wildman–Crippen MR) is 135 cm³/mol. The monoisotopic (exact) mass is 528 g/mol. The van der Waals surface area contributed by atoms with E-state index in [2.05, 4.69) is 28.2 Å². The van der Waals surface area contributed by atoms with Crippen LogP contribution < -0.4 is 9.62 Å². The van der Waals surface area contributed by atoms with Crippen LogP contribution in [0.3, 0.4) is 0 Å². The molecule has 1 N–H and O–H groups in total. The largest absolute Gasteiger partial charge is 0.321 e. The normalized spacial score (nSPS) is 11.5. The number of carbonyl (C=O) groups is 1. The Morgan fingerprint density at radius 1 is 1.00 bits per heavy atom.